The van der Waals surface area contributed by atoms with Crippen molar-refractivity contribution >= 4 is 15.9 Å². The summed E-state index contributed by atoms with van der Waals surface area (Å²) in [5.74, 6) is 0. The third-order valence-corrected chi connectivity index (χ3v) is 2.00. The van der Waals surface area contributed by atoms with Crippen molar-refractivity contribution in [1.29, 1.82) is 0 Å². The van der Waals surface area contributed by atoms with Crippen LogP contribution in [0.2, 0.25) is 0 Å². The van der Waals surface area contributed by atoms with E-state index >= 15 is 0 Å². The maximum absolute atomic E-state index is 3.41. The summed E-state index contributed by atoms with van der Waals surface area (Å²) in [5, 5.41) is 1.10. The zero-order valence-electron chi connectivity index (χ0n) is 7.30. The highest BCUT2D eigenvalue weighted by molar-refractivity contribution is 9.09. The van der Waals surface area contributed by atoms with Crippen LogP contribution in [0, 0.1) is 0 Å². The molecule has 0 heterocycles. The lowest BCUT2D eigenvalue weighted by Gasteiger charge is -1.95. The van der Waals surface area contributed by atoms with Gasteiger partial charge in [0.05, 0.1) is 0 Å². The second kappa shape index (κ2) is 8.54. The molecule has 1 aromatic rings. The zero-order valence-corrected chi connectivity index (χ0v) is 8.89. The van der Waals surface area contributed by atoms with E-state index in [0.29, 0.717) is 0 Å². The van der Waals surface area contributed by atoms with E-state index in [4.69, 9.17) is 0 Å². The van der Waals surface area contributed by atoms with Crippen molar-refractivity contribution in [3.8, 4) is 0 Å². The van der Waals surface area contributed by atoms with Gasteiger partial charge in [-0.2, -0.15) is 0 Å². The molecule has 0 aliphatic rings. The molecule has 0 atom stereocenters. The van der Waals surface area contributed by atoms with Crippen LogP contribution < -0.4 is 0 Å². The Morgan fingerprint density at radius 2 is 1.67 bits per heavy atom. The molecule has 0 bridgehead atoms. The van der Waals surface area contributed by atoms with Crippen LogP contribution in [-0.2, 0) is 6.42 Å². The van der Waals surface area contributed by atoms with Gasteiger partial charge >= 0.3 is 0 Å². The first-order valence-corrected chi connectivity index (χ1v) is 5.15. The number of rotatable bonds is 3. The first-order valence-electron chi connectivity index (χ1n) is 4.03. The molecule has 1 heteroatoms. The summed E-state index contributed by atoms with van der Waals surface area (Å²) in [7, 11) is 0. The molecule has 12 heavy (non-hydrogen) atoms. The summed E-state index contributed by atoms with van der Waals surface area (Å²) in [4.78, 5) is 0. The molecule has 0 N–H and O–H groups in total. The van der Waals surface area contributed by atoms with Crippen molar-refractivity contribution < 1.29 is 0 Å². The minimum atomic E-state index is 1.10. The first-order chi connectivity index (χ1) is 5.93. The molecule has 0 saturated heterocycles. The molecule has 0 radical (unpaired) electrons. The van der Waals surface area contributed by atoms with Crippen LogP contribution in [0.3, 0.4) is 0 Å². The molecule has 0 aromatic heterocycles. The molecule has 0 aliphatic heterocycles. The number of benzene rings is 1. The minimum Gasteiger partial charge on any atom is -0.106 e. The predicted molar refractivity (Wildman–Crippen MR) is 59.8 cm³/mol. The molecule has 0 amide bonds. The quantitative estimate of drug-likeness (QED) is 0.544. The average molecular weight is 227 g/mol. The topological polar surface area (TPSA) is 0 Å². The third kappa shape index (κ3) is 5.14. The first kappa shape index (κ1) is 11.4. The molecule has 0 unspecified atom stereocenters. The highest BCUT2D eigenvalue weighted by Crippen LogP contribution is 2.02. The number of halogens is 1. The fourth-order valence-corrected chi connectivity index (χ4v) is 1.20. The van der Waals surface area contributed by atoms with Crippen molar-refractivity contribution in [3.05, 3.63) is 49.1 Å². The Hall–Kier alpha value is -0.560. The lowest BCUT2D eigenvalue weighted by atomic mass is 10.1. The maximum Gasteiger partial charge on any atom is 0.00344 e. The van der Waals surface area contributed by atoms with Gasteiger partial charge in [-0.3, -0.25) is 0 Å². The van der Waals surface area contributed by atoms with Crippen LogP contribution in [0.4, 0.5) is 0 Å². The molecule has 0 spiro atoms. The van der Waals surface area contributed by atoms with E-state index in [-0.39, 0.29) is 0 Å². The highest BCUT2D eigenvalue weighted by atomic mass is 79.9. The molecular formula is C11H15Br. The van der Waals surface area contributed by atoms with E-state index < -0.39 is 0 Å². The van der Waals surface area contributed by atoms with Crippen molar-refractivity contribution in [2.24, 2.45) is 0 Å². The Kier molecular flexibility index (Phi) is 8.14. The molecule has 0 nitrogen and oxygen atoms in total. The number of alkyl halides is 1. The van der Waals surface area contributed by atoms with Gasteiger partial charge in [0.25, 0.3) is 0 Å². The maximum atomic E-state index is 3.41. The third-order valence-electron chi connectivity index (χ3n) is 1.44. The van der Waals surface area contributed by atoms with Gasteiger partial charge < -0.3 is 0 Å². The summed E-state index contributed by atoms with van der Waals surface area (Å²) in [6.45, 7) is 6.00. The second-order valence-corrected chi connectivity index (χ2v) is 3.07. The fourth-order valence-electron chi connectivity index (χ4n) is 0.916. The molecule has 0 aliphatic carbocycles. The number of hydrogen-bond acceptors (Lipinski definition) is 0. The van der Waals surface area contributed by atoms with Gasteiger partial charge in [0.1, 0.15) is 0 Å². The van der Waals surface area contributed by atoms with Gasteiger partial charge in [0, 0.05) is 5.33 Å². The molecule has 0 fully saturated rings. The molecule has 66 valence electrons. The van der Waals surface area contributed by atoms with Gasteiger partial charge in [-0.05, 0) is 18.4 Å². The Balaban J connectivity index is 0.000000561. The largest absolute Gasteiger partial charge is 0.106 e. The molecular weight excluding hydrogens is 212 g/mol. The van der Waals surface area contributed by atoms with Gasteiger partial charge in [-0.25, -0.2) is 0 Å². The van der Waals surface area contributed by atoms with E-state index in [1.165, 1.54) is 18.4 Å². The fraction of sp³-hybridized carbons (Fsp3) is 0.273. The Bertz CT molecular complexity index is 181. The van der Waals surface area contributed by atoms with Crippen molar-refractivity contribution in [1.82, 2.24) is 0 Å². The van der Waals surface area contributed by atoms with E-state index in [2.05, 4.69) is 59.4 Å². The Morgan fingerprint density at radius 1 is 1.08 bits per heavy atom. The van der Waals surface area contributed by atoms with Gasteiger partial charge in [-0.15, -0.1) is 13.2 Å². The van der Waals surface area contributed by atoms with Crippen LogP contribution in [0.15, 0.2) is 43.5 Å². The lowest BCUT2D eigenvalue weighted by molar-refractivity contribution is 0.940. The van der Waals surface area contributed by atoms with Crippen LogP contribution >= 0.6 is 15.9 Å². The van der Waals surface area contributed by atoms with E-state index in [0.717, 1.165) is 5.33 Å². The predicted octanol–water partition coefficient (Wildman–Crippen LogP) is 3.82. The van der Waals surface area contributed by atoms with E-state index in [9.17, 15) is 0 Å². The normalized spacial score (nSPS) is 8.42. The van der Waals surface area contributed by atoms with E-state index in [1.807, 2.05) is 0 Å². The Morgan fingerprint density at radius 3 is 2.17 bits per heavy atom. The summed E-state index contributed by atoms with van der Waals surface area (Å²) >= 11 is 3.41. The summed E-state index contributed by atoms with van der Waals surface area (Å²) in [5.41, 5.74) is 1.43. The highest BCUT2D eigenvalue weighted by Gasteiger charge is 1.87. The standard InChI is InChI=1S/C9H11Br.C2H4/c10-8-4-7-9-5-2-1-3-6-9;1-2/h1-3,5-6H,4,7-8H2;1-2H2. The minimum absolute atomic E-state index is 1.10. The lowest BCUT2D eigenvalue weighted by Crippen LogP contribution is -1.83. The summed E-state index contributed by atoms with van der Waals surface area (Å²) < 4.78 is 0. The van der Waals surface area contributed by atoms with Crippen molar-refractivity contribution in [2.45, 2.75) is 12.8 Å². The summed E-state index contributed by atoms with van der Waals surface area (Å²) in [6, 6.07) is 10.6. The van der Waals surface area contributed by atoms with Crippen LogP contribution in [0.5, 0.6) is 0 Å². The van der Waals surface area contributed by atoms with Crippen molar-refractivity contribution in [2.75, 3.05) is 5.33 Å². The SMILES string of the molecule is BrCCCc1ccccc1.C=C. The van der Waals surface area contributed by atoms with Crippen molar-refractivity contribution in [3.63, 3.8) is 0 Å². The zero-order chi connectivity index (χ0) is 9.23. The molecule has 1 aromatic carbocycles. The van der Waals surface area contributed by atoms with E-state index in [1.54, 1.807) is 0 Å². The van der Waals surface area contributed by atoms with Crippen LogP contribution in [0.25, 0.3) is 0 Å². The van der Waals surface area contributed by atoms with Crippen LogP contribution in [0.1, 0.15) is 12.0 Å². The Labute approximate surface area is 83.4 Å². The monoisotopic (exact) mass is 226 g/mol. The second-order valence-electron chi connectivity index (χ2n) is 2.28. The average Bonchev–Trinajstić information content (AvgIpc) is 2.19. The number of aryl methyl sites for hydroxylation is 1. The summed E-state index contributed by atoms with van der Waals surface area (Å²) in [6.07, 6.45) is 2.41. The smallest absolute Gasteiger partial charge is 0.00344 e. The van der Waals surface area contributed by atoms with Gasteiger partial charge in [0.2, 0.25) is 0 Å². The van der Waals surface area contributed by atoms with Gasteiger partial charge in [0.15, 0.2) is 0 Å². The number of hydrogen-bond donors (Lipinski definition) is 0. The van der Waals surface area contributed by atoms with Gasteiger partial charge in [-0.1, -0.05) is 46.3 Å². The molecule has 1 rings (SSSR count). The molecule has 0 saturated carbocycles. The van der Waals surface area contributed by atoms with Crippen LogP contribution in [-0.4, -0.2) is 5.33 Å².